The fourth-order valence-electron chi connectivity index (χ4n) is 3.59. The molecule has 3 amide bonds. The number of carbonyl (C=O) groups is 3. The molecule has 1 aromatic heterocycles. The molecule has 1 atom stereocenters. The Bertz CT molecular complexity index is 1050. The van der Waals surface area contributed by atoms with E-state index in [1.165, 1.54) is 19.1 Å². The van der Waals surface area contributed by atoms with Gasteiger partial charge in [0.2, 0.25) is 11.8 Å². The minimum Gasteiger partial charge on any atom is -0.492 e. The van der Waals surface area contributed by atoms with Crippen LogP contribution in [0.2, 0.25) is 0 Å². The van der Waals surface area contributed by atoms with E-state index in [1.54, 1.807) is 35.2 Å². The van der Waals surface area contributed by atoms with Gasteiger partial charge >= 0.3 is 0 Å². The number of benzene rings is 1. The number of hydrazine groups is 1. The monoisotopic (exact) mass is 564 g/mol. The molecule has 1 aromatic carbocycles. The number of likely N-dealkylation sites (tertiary alicyclic amines) is 1. The van der Waals surface area contributed by atoms with Gasteiger partial charge in [-0.25, -0.2) is 0 Å². The fraction of sp³-hybridized carbons (Fsp3) is 0.417. The van der Waals surface area contributed by atoms with Gasteiger partial charge in [-0.2, -0.15) is 0 Å². The number of nitrogens with one attached hydrogen (secondary N) is 3. The number of ether oxygens (including phenoxy) is 1. The summed E-state index contributed by atoms with van der Waals surface area (Å²) in [6.45, 7) is 3.36. The second-order valence-corrected chi connectivity index (χ2v) is 9.47. The number of carbonyl (C=O) groups excluding carboxylic acids is 3. The number of hydrogen-bond acceptors (Lipinski definition) is 6. The summed E-state index contributed by atoms with van der Waals surface area (Å²) in [7, 11) is 0. The van der Waals surface area contributed by atoms with E-state index in [2.05, 4.69) is 39.0 Å². The Morgan fingerprint density at radius 3 is 2.77 bits per heavy atom. The molecule has 1 saturated heterocycles. The first-order valence-electron chi connectivity index (χ1n) is 11.5. The average molecular weight is 565 g/mol. The van der Waals surface area contributed by atoms with Gasteiger partial charge in [-0.05, 0) is 64.9 Å². The van der Waals surface area contributed by atoms with Crippen molar-refractivity contribution in [3.05, 3.63) is 52.4 Å². The molecular formula is C24H29BrN4O5S. The number of hydrogen-bond donors (Lipinski definition) is 3. The number of halogens is 1. The van der Waals surface area contributed by atoms with E-state index in [9.17, 15) is 14.4 Å². The third kappa shape index (κ3) is 8.07. The Morgan fingerprint density at radius 1 is 1.23 bits per heavy atom. The molecule has 188 valence electrons. The Labute approximate surface area is 218 Å². The molecule has 3 rings (SSSR count). The van der Waals surface area contributed by atoms with Crippen molar-refractivity contribution in [2.75, 3.05) is 13.2 Å². The minimum absolute atomic E-state index is 0.0625. The largest absolute Gasteiger partial charge is 0.492 e. The Balaban J connectivity index is 1.41. The lowest BCUT2D eigenvalue weighted by Gasteiger charge is -2.16. The molecule has 11 heteroatoms. The lowest BCUT2D eigenvalue weighted by molar-refractivity contribution is -0.129. The van der Waals surface area contributed by atoms with Gasteiger partial charge in [0.1, 0.15) is 11.5 Å². The molecule has 0 spiro atoms. The molecule has 9 nitrogen and oxygen atoms in total. The predicted molar refractivity (Wildman–Crippen MR) is 137 cm³/mol. The summed E-state index contributed by atoms with van der Waals surface area (Å²) in [5, 5.41) is 2.46. The van der Waals surface area contributed by atoms with Crippen LogP contribution in [0.5, 0.6) is 5.75 Å². The van der Waals surface area contributed by atoms with Crippen molar-refractivity contribution in [3.8, 4) is 5.75 Å². The van der Waals surface area contributed by atoms with E-state index in [0.29, 0.717) is 34.7 Å². The highest BCUT2D eigenvalue weighted by atomic mass is 79.9. The molecule has 2 heterocycles. The average Bonchev–Trinajstić information content (AvgIpc) is 3.48. The van der Waals surface area contributed by atoms with Crippen LogP contribution in [-0.2, 0) is 16.1 Å². The lowest BCUT2D eigenvalue weighted by atomic mass is 10.1. The van der Waals surface area contributed by atoms with Gasteiger partial charge < -0.3 is 14.1 Å². The number of thiocarbonyl (C=S) groups is 1. The standard InChI is InChI=1S/C24H29BrN4O5S/c1-2-3-4-5-10-34-20-9-8-16(12-19(20)25)22(31)26-24(35)28-27-23(32)17-13-21(30)29(14-17)15-18-7-6-11-33-18/h6-9,11-12,17H,2-5,10,13-15H2,1H3,(H,27,32)(H2,26,28,31,35). The smallest absolute Gasteiger partial charge is 0.257 e. The van der Waals surface area contributed by atoms with Crippen LogP contribution in [0.15, 0.2) is 45.5 Å². The van der Waals surface area contributed by atoms with Crippen LogP contribution in [0.1, 0.15) is 55.1 Å². The first-order valence-corrected chi connectivity index (χ1v) is 12.7. The summed E-state index contributed by atoms with van der Waals surface area (Å²) in [6, 6.07) is 8.53. The zero-order valence-electron chi connectivity index (χ0n) is 19.5. The van der Waals surface area contributed by atoms with Gasteiger partial charge in [0.15, 0.2) is 5.11 Å². The van der Waals surface area contributed by atoms with E-state index in [1.807, 2.05) is 0 Å². The van der Waals surface area contributed by atoms with E-state index >= 15 is 0 Å². The number of rotatable bonds is 10. The lowest BCUT2D eigenvalue weighted by Crippen LogP contribution is -2.50. The van der Waals surface area contributed by atoms with Gasteiger partial charge in [0.05, 0.1) is 29.8 Å². The van der Waals surface area contributed by atoms with Crippen LogP contribution in [0, 0.1) is 5.92 Å². The van der Waals surface area contributed by atoms with Crippen molar-refractivity contribution < 1.29 is 23.5 Å². The molecule has 1 unspecified atom stereocenters. The second kappa shape index (κ2) is 13.2. The maximum absolute atomic E-state index is 12.5. The van der Waals surface area contributed by atoms with Gasteiger partial charge in [-0.15, -0.1) is 0 Å². The molecule has 0 saturated carbocycles. The fourth-order valence-corrected chi connectivity index (χ4v) is 4.23. The Kier molecular flexibility index (Phi) is 10.1. The maximum Gasteiger partial charge on any atom is 0.257 e. The molecule has 1 aliphatic rings. The summed E-state index contributed by atoms with van der Waals surface area (Å²) in [5.41, 5.74) is 5.36. The zero-order chi connectivity index (χ0) is 25.2. The van der Waals surface area contributed by atoms with E-state index in [-0.39, 0.29) is 29.9 Å². The summed E-state index contributed by atoms with van der Waals surface area (Å²) >= 11 is 8.55. The van der Waals surface area contributed by atoms with Crippen molar-refractivity contribution in [2.24, 2.45) is 5.92 Å². The summed E-state index contributed by atoms with van der Waals surface area (Å²) in [6.07, 6.45) is 6.07. The molecule has 2 aromatic rings. The Morgan fingerprint density at radius 2 is 2.06 bits per heavy atom. The zero-order valence-corrected chi connectivity index (χ0v) is 21.9. The normalized spacial score (nSPS) is 15.1. The summed E-state index contributed by atoms with van der Waals surface area (Å²) in [5.74, 6) is -0.170. The van der Waals surface area contributed by atoms with E-state index in [4.69, 9.17) is 21.4 Å². The van der Waals surface area contributed by atoms with Gasteiger partial charge in [0.25, 0.3) is 5.91 Å². The van der Waals surface area contributed by atoms with Crippen molar-refractivity contribution in [1.82, 2.24) is 21.1 Å². The van der Waals surface area contributed by atoms with Crippen LogP contribution in [-0.4, -0.2) is 40.9 Å². The van der Waals surface area contributed by atoms with Crippen molar-refractivity contribution in [1.29, 1.82) is 0 Å². The highest BCUT2D eigenvalue weighted by Gasteiger charge is 2.34. The summed E-state index contributed by atoms with van der Waals surface area (Å²) in [4.78, 5) is 38.7. The molecule has 35 heavy (non-hydrogen) atoms. The molecule has 3 N–H and O–H groups in total. The molecule has 1 aliphatic heterocycles. The molecule has 1 fully saturated rings. The molecule has 0 aliphatic carbocycles. The number of nitrogens with zero attached hydrogens (tertiary/aromatic N) is 1. The van der Waals surface area contributed by atoms with Crippen LogP contribution in [0.25, 0.3) is 0 Å². The number of amides is 3. The first kappa shape index (κ1) is 26.7. The van der Waals surface area contributed by atoms with Gasteiger partial charge in [-0.3, -0.25) is 30.6 Å². The van der Waals surface area contributed by atoms with Crippen LogP contribution in [0.4, 0.5) is 0 Å². The second-order valence-electron chi connectivity index (χ2n) is 8.21. The number of furan rings is 1. The topological polar surface area (TPSA) is 113 Å². The predicted octanol–water partition coefficient (Wildman–Crippen LogP) is 3.69. The molecule has 0 bridgehead atoms. The molecule has 0 radical (unpaired) electrons. The number of unbranched alkanes of at least 4 members (excludes halogenated alkanes) is 3. The Hall–Kier alpha value is -2.92. The highest BCUT2D eigenvalue weighted by Crippen LogP contribution is 2.26. The third-order valence-corrected chi connectivity index (χ3v) is 6.31. The first-order chi connectivity index (χ1) is 16.9. The SMILES string of the molecule is CCCCCCOc1ccc(C(=O)NC(=S)NNC(=O)C2CC(=O)N(Cc3ccco3)C2)cc1Br. The van der Waals surface area contributed by atoms with Crippen molar-refractivity contribution in [3.63, 3.8) is 0 Å². The van der Waals surface area contributed by atoms with Crippen LogP contribution < -0.4 is 20.9 Å². The van der Waals surface area contributed by atoms with Crippen LogP contribution >= 0.6 is 28.1 Å². The highest BCUT2D eigenvalue weighted by molar-refractivity contribution is 9.10. The van der Waals surface area contributed by atoms with Crippen molar-refractivity contribution >= 4 is 51.0 Å². The summed E-state index contributed by atoms with van der Waals surface area (Å²) < 4.78 is 11.7. The van der Waals surface area contributed by atoms with Crippen molar-refractivity contribution in [2.45, 2.75) is 45.6 Å². The van der Waals surface area contributed by atoms with Crippen LogP contribution in [0.3, 0.4) is 0 Å². The molecular weight excluding hydrogens is 536 g/mol. The van der Waals surface area contributed by atoms with Gasteiger partial charge in [0, 0.05) is 18.5 Å². The van der Waals surface area contributed by atoms with E-state index < -0.39 is 11.8 Å². The maximum atomic E-state index is 12.5. The minimum atomic E-state index is -0.533. The third-order valence-electron chi connectivity index (χ3n) is 5.49. The quantitative estimate of drug-likeness (QED) is 0.229. The van der Waals surface area contributed by atoms with Gasteiger partial charge in [-0.1, -0.05) is 26.2 Å². The van der Waals surface area contributed by atoms with E-state index in [0.717, 1.165) is 12.8 Å².